The summed E-state index contributed by atoms with van der Waals surface area (Å²) >= 11 is 2.03. The van der Waals surface area contributed by atoms with Crippen LogP contribution in [0, 0.1) is 9.39 Å². The molecule has 2 aromatic carbocycles. The fourth-order valence-electron chi connectivity index (χ4n) is 1.62. The first-order chi connectivity index (χ1) is 9.11. The molecule has 0 unspecified atom stereocenters. The van der Waals surface area contributed by atoms with Gasteiger partial charge >= 0.3 is 5.97 Å². The van der Waals surface area contributed by atoms with Gasteiger partial charge in [-0.05, 0) is 52.9 Å². The van der Waals surface area contributed by atoms with E-state index < -0.39 is 5.97 Å². The molecule has 0 radical (unpaired) electrons. The van der Waals surface area contributed by atoms with Gasteiger partial charge in [-0.15, -0.1) is 0 Å². The summed E-state index contributed by atoms with van der Waals surface area (Å²) < 4.78 is 19.3. The highest BCUT2D eigenvalue weighted by Gasteiger charge is 2.12. The third-order valence-electron chi connectivity index (χ3n) is 2.53. The average Bonchev–Trinajstić information content (AvgIpc) is 2.41. The van der Waals surface area contributed by atoms with Crippen molar-refractivity contribution in [2.45, 2.75) is 0 Å². The number of carbonyl (C=O) groups is 1. The van der Waals surface area contributed by atoms with E-state index in [0.717, 1.165) is 3.57 Å². The average molecular weight is 371 g/mol. The molecule has 2 aromatic rings. The van der Waals surface area contributed by atoms with E-state index in [1.807, 2.05) is 22.6 Å². The van der Waals surface area contributed by atoms with Gasteiger partial charge in [-0.2, -0.15) is 0 Å². The third-order valence-corrected chi connectivity index (χ3v) is 3.20. The minimum atomic E-state index is -0.464. The second-order valence-electron chi connectivity index (χ2n) is 3.79. The summed E-state index contributed by atoms with van der Waals surface area (Å²) in [7, 11) is 1.31. The summed E-state index contributed by atoms with van der Waals surface area (Å²) in [6, 6.07) is 11.6. The van der Waals surface area contributed by atoms with Gasteiger partial charge in [0.1, 0.15) is 5.82 Å². The molecule has 0 amide bonds. The molecule has 0 spiro atoms. The van der Waals surface area contributed by atoms with Crippen molar-refractivity contribution in [3.8, 4) is 0 Å². The molecule has 0 aliphatic carbocycles. The molecule has 98 valence electrons. The third kappa shape index (κ3) is 3.23. The van der Waals surface area contributed by atoms with Crippen molar-refractivity contribution in [1.82, 2.24) is 0 Å². The molecule has 0 aliphatic heterocycles. The van der Waals surface area contributed by atoms with Crippen molar-refractivity contribution >= 4 is 39.9 Å². The van der Waals surface area contributed by atoms with E-state index in [1.165, 1.54) is 13.2 Å². The fraction of sp³-hybridized carbons (Fsp3) is 0.0714. The Morgan fingerprint density at radius 2 is 1.95 bits per heavy atom. The van der Waals surface area contributed by atoms with Crippen LogP contribution in [0.5, 0.6) is 0 Å². The molecule has 0 fully saturated rings. The Morgan fingerprint density at radius 3 is 2.63 bits per heavy atom. The van der Waals surface area contributed by atoms with Crippen molar-refractivity contribution in [3.63, 3.8) is 0 Å². The lowest BCUT2D eigenvalue weighted by Gasteiger charge is -2.11. The van der Waals surface area contributed by atoms with Gasteiger partial charge in [-0.3, -0.25) is 0 Å². The number of benzene rings is 2. The zero-order chi connectivity index (χ0) is 13.8. The summed E-state index contributed by atoms with van der Waals surface area (Å²) in [5.74, 6) is -0.833. The molecule has 0 saturated carbocycles. The lowest BCUT2D eigenvalue weighted by atomic mass is 10.1. The van der Waals surface area contributed by atoms with E-state index in [2.05, 4.69) is 5.32 Å². The fourth-order valence-corrected chi connectivity index (χ4v) is 2.07. The normalized spacial score (nSPS) is 10.1. The maximum atomic E-state index is 13.8. The monoisotopic (exact) mass is 371 g/mol. The van der Waals surface area contributed by atoms with Crippen LogP contribution in [0.2, 0.25) is 0 Å². The first-order valence-corrected chi connectivity index (χ1v) is 6.59. The SMILES string of the molecule is COC(=O)c1ccccc1Nc1ccc(I)cc1F. The number of hydrogen-bond acceptors (Lipinski definition) is 3. The number of carbonyl (C=O) groups excluding carboxylic acids is 1. The van der Waals surface area contributed by atoms with Crippen LogP contribution in [-0.2, 0) is 4.74 Å². The Hall–Kier alpha value is -1.63. The highest BCUT2D eigenvalue weighted by Crippen LogP contribution is 2.24. The maximum absolute atomic E-state index is 13.8. The van der Waals surface area contributed by atoms with Gasteiger partial charge < -0.3 is 10.1 Å². The Kier molecular flexibility index (Phi) is 4.36. The number of nitrogens with one attached hydrogen (secondary N) is 1. The largest absolute Gasteiger partial charge is 0.465 e. The van der Waals surface area contributed by atoms with Gasteiger partial charge in [0, 0.05) is 3.57 Å². The van der Waals surface area contributed by atoms with Crippen LogP contribution in [0.3, 0.4) is 0 Å². The van der Waals surface area contributed by atoms with Crippen molar-refractivity contribution in [3.05, 3.63) is 57.4 Å². The molecule has 0 aliphatic rings. The number of rotatable bonds is 3. The minimum Gasteiger partial charge on any atom is -0.465 e. The summed E-state index contributed by atoms with van der Waals surface area (Å²) in [6.07, 6.45) is 0. The van der Waals surface area contributed by atoms with Gasteiger partial charge in [0.05, 0.1) is 24.0 Å². The number of anilines is 2. The van der Waals surface area contributed by atoms with Gasteiger partial charge in [0.15, 0.2) is 0 Å². The lowest BCUT2D eigenvalue weighted by molar-refractivity contribution is 0.0602. The number of para-hydroxylation sites is 1. The van der Waals surface area contributed by atoms with Crippen LogP contribution >= 0.6 is 22.6 Å². The van der Waals surface area contributed by atoms with E-state index in [4.69, 9.17) is 4.74 Å². The summed E-state index contributed by atoms with van der Waals surface area (Å²) in [5.41, 5.74) is 1.19. The van der Waals surface area contributed by atoms with Crippen LogP contribution in [0.4, 0.5) is 15.8 Å². The first-order valence-electron chi connectivity index (χ1n) is 5.51. The first kappa shape index (κ1) is 13.8. The van der Waals surface area contributed by atoms with E-state index in [1.54, 1.807) is 36.4 Å². The van der Waals surface area contributed by atoms with Crippen LogP contribution in [0.1, 0.15) is 10.4 Å². The number of halogens is 2. The van der Waals surface area contributed by atoms with Crippen LogP contribution in [-0.4, -0.2) is 13.1 Å². The second-order valence-corrected chi connectivity index (χ2v) is 5.03. The standard InChI is InChI=1S/C14H11FINO2/c1-19-14(18)10-4-2-3-5-12(10)17-13-7-6-9(16)8-11(13)15/h2-8,17H,1H3. The zero-order valence-corrected chi connectivity index (χ0v) is 12.3. The quantitative estimate of drug-likeness (QED) is 0.656. The van der Waals surface area contributed by atoms with Gasteiger partial charge in [0.2, 0.25) is 0 Å². The van der Waals surface area contributed by atoms with Crippen molar-refractivity contribution in [2.75, 3.05) is 12.4 Å². The summed E-state index contributed by atoms with van der Waals surface area (Å²) in [5, 5.41) is 2.90. The number of esters is 1. The highest BCUT2D eigenvalue weighted by molar-refractivity contribution is 14.1. The van der Waals surface area contributed by atoms with Crippen molar-refractivity contribution < 1.29 is 13.9 Å². The Morgan fingerprint density at radius 1 is 1.21 bits per heavy atom. The Labute approximate surface area is 123 Å². The predicted molar refractivity (Wildman–Crippen MR) is 80.2 cm³/mol. The summed E-state index contributed by atoms with van der Waals surface area (Å²) in [4.78, 5) is 11.6. The van der Waals surface area contributed by atoms with Crippen LogP contribution in [0.15, 0.2) is 42.5 Å². The molecule has 0 saturated heterocycles. The topological polar surface area (TPSA) is 38.3 Å². The molecular formula is C14H11FINO2. The molecular weight excluding hydrogens is 360 g/mol. The molecule has 2 rings (SSSR count). The molecule has 0 aromatic heterocycles. The predicted octanol–water partition coefficient (Wildman–Crippen LogP) is 3.96. The van der Waals surface area contributed by atoms with Crippen LogP contribution in [0.25, 0.3) is 0 Å². The van der Waals surface area contributed by atoms with E-state index >= 15 is 0 Å². The molecule has 1 N–H and O–H groups in total. The van der Waals surface area contributed by atoms with Crippen molar-refractivity contribution in [2.24, 2.45) is 0 Å². The Balaban J connectivity index is 2.35. The smallest absolute Gasteiger partial charge is 0.339 e. The van der Waals surface area contributed by atoms with Crippen LogP contribution < -0.4 is 5.32 Å². The number of methoxy groups -OCH3 is 1. The van der Waals surface area contributed by atoms with E-state index in [-0.39, 0.29) is 5.82 Å². The number of ether oxygens (including phenoxy) is 1. The summed E-state index contributed by atoms with van der Waals surface area (Å²) in [6.45, 7) is 0. The van der Waals surface area contributed by atoms with Gasteiger partial charge in [0.25, 0.3) is 0 Å². The molecule has 19 heavy (non-hydrogen) atoms. The Bertz CT molecular complexity index is 616. The molecule has 0 bridgehead atoms. The molecule has 0 heterocycles. The molecule has 0 atom stereocenters. The van der Waals surface area contributed by atoms with E-state index in [9.17, 15) is 9.18 Å². The molecule has 5 heteroatoms. The number of hydrogen-bond donors (Lipinski definition) is 1. The van der Waals surface area contributed by atoms with E-state index in [0.29, 0.717) is 16.9 Å². The zero-order valence-electron chi connectivity index (χ0n) is 10.1. The highest BCUT2D eigenvalue weighted by atomic mass is 127. The second kappa shape index (κ2) is 6.01. The van der Waals surface area contributed by atoms with Crippen molar-refractivity contribution in [1.29, 1.82) is 0 Å². The maximum Gasteiger partial charge on any atom is 0.339 e. The van der Waals surface area contributed by atoms with Gasteiger partial charge in [-0.25, -0.2) is 9.18 Å². The lowest BCUT2D eigenvalue weighted by Crippen LogP contribution is -2.06. The minimum absolute atomic E-state index is 0.316. The van der Waals surface area contributed by atoms with Gasteiger partial charge in [-0.1, -0.05) is 12.1 Å². The molecule has 3 nitrogen and oxygen atoms in total.